The number of amides is 1. The van der Waals surface area contributed by atoms with Gasteiger partial charge in [-0.2, -0.15) is 0 Å². The number of aliphatic hydroxyl groups is 1. The van der Waals surface area contributed by atoms with Crippen LogP contribution in [0.5, 0.6) is 0 Å². The average molecular weight is 497 g/mol. The summed E-state index contributed by atoms with van der Waals surface area (Å²) in [6.45, 7) is 3.08. The lowest BCUT2D eigenvalue weighted by molar-refractivity contribution is -0.184. The third-order valence-corrected chi connectivity index (χ3v) is 7.43. The second kappa shape index (κ2) is 10.3. The molecule has 1 saturated heterocycles. The summed E-state index contributed by atoms with van der Waals surface area (Å²) in [7, 11) is 0. The molecule has 1 aliphatic heterocycles. The summed E-state index contributed by atoms with van der Waals surface area (Å²) in [5.74, 6) is -0.110. The van der Waals surface area contributed by atoms with Crippen LogP contribution in [0, 0.1) is 6.92 Å². The molecule has 6 heteroatoms. The number of ether oxygens (including phenoxy) is 1. The minimum Gasteiger partial charge on any atom is -0.380 e. The lowest BCUT2D eigenvalue weighted by atomic mass is 9.90. The van der Waals surface area contributed by atoms with Gasteiger partial charge in [-0.25, -0.2) is 0 Å². The predicted octanol–water partition coefficient (Wildman–Crippen LogP) is 5.59. The normalized spacial score (nSPS) is 14.2. The summed E-state index contributed by atoms with van der Waals surface area (Å²) < 4.78 is 5.17. The first-order valence-corrected chi connectivity index (χ1v) is 13.1. The molecule has 1 amide bonds. The van der Waals surface area contributed by atoms with Crippen molar-refractivity contribution in [3.63, 3.8) is 0 Å². The van der Waals surface area contributed by atoms with Crippen LogP contribution in [0.3, 0.4) is 0 Å². The van der Waals surface area contributed by atoms with E-state index in [0.717, 1.165) is 44.0 Å². The van der Waals surface area contributed by atoms with E-state index in [1.54, 1.807) is 18.0 Å². The molecule has 5 rings (SSSR count). The molecule has 2 heterocycles. The Kier molecular flexibility index (Phi) is 6.92. The lowest BCUT2D eigenvalue weighted by Gasteiger charge is -2.36. The van der Waals surface area contributed by atoms with Crippen LogP contribution in [-0.4, -0.2) is 35.5 Å². The van der Waals surface area contributed by atoms with Crippen molar-refractivity contribution >= 4 is 17.7 Å². The number of aromatic nitrogens is 1. The van der Waals surface area contributed by atoms with Crippen LogP contribution < -0.4 is 5.32 Å². The Balaban J connectivity index is 1.30. The summed E-state index contributed by atoms with van der Waals surface area (Å²) in [5.41, 5.74) is 6.90. The van der Waals surface area contributed by atoms with Gasteiger partial charge in [-0.3, -0.25) is 9.78 Å². The second-order valence-corrected chi connectivity index (χ2v) is 9.93. The topological polar surface area (TPSA) is 71.5 Å². The standard InChI is InChI=1S/C30H28N2O3S/c1-20-6-7-25(16-28(20)36-2)29(33)32-17-27-15-24(12-13-31-27)23-5-3-4-22(14-23)21-8-10-26(11-9-21)30(34)18-35-19-30/h3-16,34H,17-19H2,1-2H3,(H,32,33). The van der Waals surface area contributed by atoms with E-state index in [9.17, 15) is 9.90 Å². The van der Waals surface area contributed by atoms with Gasteiger partial charge < -0.3 is 15.2 Å². The van der Waals surface area contributed by atoms with E-state index in [1.807, 2.05) is 73.8 Å². The largest absolute Gasteiger partial charge is 0.380 e. The molecule has 1 fully saturated rings. The highest BCUT2D eigenvalue weighted by atomic mass is 32.2. The average Bonchev–Trinajstić information content (AvgIpc) is 2.91. The zero-order valence-electron chi connectivity index (χ0n) is 20.3. The first-order chi connectivity index (χ1) is 17.4. The summed E-state index contributed by atoms with van der Waals surface area (Å²) in [4.78, 5) is 18.2. The number of nitrogens with zero attached hydrogens (tertiary/aromatic N) is 1. The number of carbonyl (C=O) groups is 1. The number of carbonyl (C=O) groups excluding carboxylic acids is 1. The van der Waals surface area contributed by atoms with Gasteiger partial charge in [0.25, 0.3) is 5.91 Å². The fourth-order valence-corrected chi connectivity index (χ4v) is 4.94. The number of hydrogen-bond donors (Lipinski definition) is 2. The molecule has 1 aromatic heterocycles. The molecule has 0 radical (unpaired) electrons. The van der Waals surface area contributed by atoms with Crippen molar-refractivity contribution in [3.8, 4) is 22.3 Å². The van der Waals surface area contributed by atoms with Crippen LogP contribution in [-0.2, 0) is 16.9 Å². The van der Waals surface area contributed by atoms with Gasteiger partial charge in [-0.15, -0.1) is 11.8 Å². The lowest BCUT2D eigenvalue weighted by Crippen LogP contribution is -2.46. The van der Waals surface area contributed by atoms with Crippen molar-refractivity contribution in [3.05, 3.63) is 107 Å². The Morgan fingerprint density at radius 1 is 0.972 bits per heavy atom. The Morgan fingerprint density at radius 2 is 1.69 bits per heavy atom. The number of hydrogen-bond acceptors (Lipinski definition) is 5. The fourth-order valence-electron chi connectivity index (χ4n) is 4.30. The Morgan fingerprint density at radius 3 is 2.39 bits per heavy atom. The van der Waals surface area contributed by atoms with Gasteiger partial charge in [0.1, 0.15) is 5.60 Å². The van der Waals surface area contributed by atoms with Crippen molar-refractivity contribution in [2.24, 2.45) is 0 Å². The third kappa shape index (κ3) is 5.07. The number of benzene rings is 3. The maximum atomic E-state index is 12.7. The second-order valence-electron chi connectivity index (χ2n) is 9.09. The molecule has 182 valence electrons. The monoisotopic (exact) mass is 496 g/mol. The molecule has 2 N–H and O–H groups in total. The molecule has 0 saturated carbocycles. The van der Waals surface area contributed by atoms with Crippen LogP contribution in [0.2, 0.25) is 0 Å². The molecule has 36 heavy (non-hydrogen) atoms. The molecule has 0 bridgehead atoms. The molecule has 0 unspecified atom stereocenters. The van der Waals surface area contributed by atoms with E-state index in [0.29, 0.717) is 25.3 Å². The highest BCUT2D eigenvalue weighted by molar-refractivity contribution is 7.98. The Labute approximate surface area is 215 Å². The summed E-state index contributed by atoms with van der Waals surface area (Å²) >= 11 is 1.64. The minimum absolute atomic E-state index is 0.110. The van der Waals surface area contributed by atoms with Crippen LogP contribution in [0.25, 0.3) is 22.3 Å². The maximum Gasteiger partial charge on any atom is 0.251 e. The minimum atomic E-state index is -0.861. The third-order valence-electron chi connectivity index (χ3n) is 6.55. The van der Waals surface area contributed by atoms with Gasteiger partial charge in [0, 0.05) is 16.7 Å². The van der Waals surface area contributed by atoms with Gasteiger partial charge in [0.2, 0.25) is 0 Å². The number of aryl methyl sites for hydroxylation is 1. The highest BCUT2D eigenvalue weighted by Crippen LogP contribution is 2.32. The molecule has 5 nitrogen and oxygen atoms in total. The van der Waals surface area contributed by atoms with Crippen molar-refractivity contribution in [2.75, 3.05) is 19.5 Å². The Hall–Kier alpha value is -3.45. The van der Waals surface area contributed by atoms with Crippen molar-refractivity contribution in [1.29, 1.82) is 0 Å². The van der Waals surface area contributed by atoms with E-state index in [1.165, 1.54) is 0 Å². The zero-order chi connectivity index (χ0) is 25.1. The molecular weight excluding hydrogens is 468 g/mol. The van der Waals surface area contributed by atoms with Crippen molar-refractivity contribution in [1.82, 2.24) is 10.3 Å². The van der Waals surface area contributed by atoms with Gasteiger partial charge in [0.15, 0.2) is 0 Å². The summed E-state index contributed by atoms with van der Waals surface area (Å²) in [5, 5.41) is 13.5. The van der Waals surface area contributed by atoms with Crippen LogP contribution in [0.1, 0.15) is 27.2 Å². The van der Waals surface area contributed by atoms with Gasteiger partial charge in [-0.1, -0.05) is 48.5 Å². The van der Waals surface area contributed by atoms with Gasteiger partial charge in [0.05, 0.1) is 25.5 Å². The SMILES string of the molecule is CSc1cc(C(=O)NCc2cc(-c3cccc(-c4ccc(C5(O)COC5)cc4)c3)ccn2)ccc1C. The smallest absolute Gasteiger partial charge is 0.251 e. The van der Waals surface area contributed by atoms with Crippen LogP contribution in [0.4, 0.5) is 0 Å². The summed E-state index contributed by atoms with van der Waals surface area (Å²) in [6.07, 6.45) is 3.79. The van der Waals surface area contributed by atoms with E-state index in [4.69, 9.17) is 4.74 Å². The molecule has 0 spiro atoms. The molecule has 3 aromatic carbocycles. The van der Waals surface area contributed by atoms with Gasteiger partial charge >= 0.3 is 0 Å². The van der Waals surface area contributed by atoms with Crippen molar-refractivity contribution in [2.45, 2.75) is 24.0 Å². The fraction of sp³-hybridized carbons (Fsp3) is 0.200. The van der Waals surface area contributed by atoms with E-state index in [2.05, 4.69) is 28.5 Å². The Bertz CT molecular complexity index is 1400. The first-order valence-electron chi connectivity index (χ1n) is 11.8. The highest BCUT2D eigenvalue weighted by Gasteiger charge is 2.37. The van der Waals surface area contributed by atoms with Crippen molar-refractivity contribution < 1.29 is 14.6 Å². The molecule has 0 atom stereocenters. The molecule has 4 aromatic rings. The maximum absolute atomic E-state index is 12.7. The van der Waals surface area contributed by atoms with E-state index >= 15 is 0 Å². The number of thioether (sulfide) groups is 1. The van der Waals surface area contributed by atoms with E-state index < -0.39 is 5.60 Å². The van der Waals surface area contributed by atoms with Crippen LogP contribution in [0.15, 0.2) is 90.0 Å². The van der Waals surface area contributed by atoms with E-state index in [-0.39, 0.29) is 5.91 Å². The zero-order valence-corrected chi connectivity index (χ0v) is 21.1. The predicted molar refractivity (Wildman–Crippen MR) is 144 cm³/mol. The number of rotatable bonds is 7. The molecule has 0 aliphatic carbocycles. The molecular formula is C30H28N2O3S. The summed E-state index contributed by atoms with van der Waals surface area (Å²) in [6, 6.07) is 26.1. The molecule has 1 aliphatic rings. The first kappa shape index (κ1) is 24.3. The number of pyridine rings is 1. The van der Waals surface area contributed by atoms with Crippen LogP contribution >= 0.6 is 11.8 Å². The van der Waals surface area contributed by atoms with Gasteiger partial charge in [-0.05, 0) is 76.9 Å². The number of nitrogens with one attached hydrogen (secondary N) is 1. The quantitative estimate of drug-likeness (QED) is 0.326.